The van der Waals surface area contributed by atoms with Crippen molar-refractivity contribution in [2.24, 2.45) is 5.73 Å². The molecule has 6 heteroatoms. The Hall–Kier alpha value is -1.50. The zero-order valence-corrected chi connectivity index (χ0v) is 11.9. The lowest BCUT2D eigenvalue weighted by molar-refractivity contribution is -0.117. The number of hydrogen-bond donors (Lipinski definition) is 3. The van der Waals surface area contributed by atoms with E-state index in [1.54, 1.807) is 43.1 Å². The van der Waals surface area contributed by atoms with Crippen molar-refractivity contribution in [2.75, 3.05) is 25.5 Å². The van der Waals surface area contributed by atoms with Crippen molar-refractivity contribution in [2.45, 2.75) is 13.0 Å². The van der Waals surface area contributed by atoms with Gasteiger partial charge in [0.2, 0.25) is 5.91 Å². The molecule has 0 aromatic heterocycles. The Kier molecular flexibility index (Phi) is 5.88. The predicted octanol–water partition coefficient (Wildman–Crippen LogP) is 0.572. The molecule has 0 radical (unpaired) electrons. The molecule has 0 saturated heterocycles. The number of aliphatic hydroxyl groups is 1. The standard InChI is InChI=1S/C13H19N3O2S/c1-9(17)7-16(2)8-12(18)15-11-5-3-4-10(6-11)13(14)19/h3-6,9,17H,7-8H2,1-2H3,(H2,14,19)(H,15,18). The van der Waals surface area contributed by atoms with Crippen molar-refractivity contribution >= 4 is 28.8 Å². The van der Waals surface area contributed by atoms with Gasteiger partial charge in [-0.2, -0.15) is 0 Å². The number of hydrogen-bond acceptors (Lipinski definition) is 4. The van der Waals surface area contributed by atoms with Crippen LogP contribution in [0.25, 0.3) is 0 Å². The third-order valence-corrected chi connectivity index (χ3v) is 2.66. The highest BCUT2D eigenvalue weighted by molar-refractivity contribution is 7.80. The molecule has 1 unspecified atom stereocenters. The quantitative estimate of drug-likeness (QED) is 0.665. The number of rotatable bonds is 6. The van der Waals surface area contributed by atoms with Crippen molar-refractivity contribution in [3.63, 3.8) is 0 Å². The average Bonchev–Trinajstić information content (AvgIpc) is 2.27. The lowest BCUT2D eigenvalue weighted by atomic mass is 10.2. The summed E-state index contributed by atoms with van der Waals surface area (Å²) in [6.07, 6.45) is -0.462. The van der Waals surface area contributed by atoms with Crippen LogP contribution in [0.3, 0.4) is 0 Å². The number of anilines is 1. The minimum absolute atomic E-state index is 0.150. The van der Waals surface area contributed by atoms with Gasteiger partial charge in [-0.05, 0) is 26.1 Å². The molecule has 1 atom stereocenters. The topological polar surface area (TPSA) is 78.6 Å². The number of nitrogens with one attached hydrogen (secondary N) is 1. The molecule has 0 heterocycles. The van der Waals surface area contributed by atoms with Crippen LogP contribution in [0.15, 0.2) is 24.3 Å². The first-order valence-corrected chi connectivity index (χ1v) is 6.35. The van der Waals surface area contributed by atoms with Crippen LogP contribution in [0.1, 0.15) is 12.5 Å². The van der Waals surface area contributed by atoms with Crippen molar-refractivity contribution in [1.82, 2.24) is 4.90 Å². The van der Waals surface area contributed by atoms with Crippen LogP contribution < -0.4 is 11.1 Å². The molecule has 0 saturated carbocycles. The Morgan fingerprint density at radius 3 is 2.84 bits per heavy atom. The third kappa shape index (κ3) is 5.78. The molecular weight excluding hydrogens is 262 g/mol. The second-order valence-corrected chi connectivity index (χ2v) is 4.98. The molecule has 5 nitrogen and oxygen atoms in total. The van der Waals surface area contributed by atoms with Crippen molar-refractivity contribution in [3.05, 3.63) is 29.8 Å². The summed E-state index contributed by atoms with van der Waals surface area (Å²) in [4.78, 5) is 13.8. The molecule has 0 fully saturated rings. The summed E-state index contributed by atoms with van der Waals surface area (Å²) in [5.41, 5.74) is 6.90. The van der Waals surface area contributed by atoms with E-state index >= 15 is 0 Å². The van der Waals surface area contributed by atoms with E-state index in [1.807, 2.05) is 0 Å². The van der Waals surface area contributed by atoms with Crippen LogP contribution >= 0.6 is 12.2 Å². The first-order valence-electron chi connectivity index (χ1n) is 5.95. The Bertz CT molecular complexity index is 463. The molecule has 4 N–H and O–H groups in total. The number of carbonyl (C=O) groups is 1. The minimum atomic E-state index is -0.462. The molecule has 0 aliphatic heterocycles. The van der Waals surface area contributed by atoms with E-state index in [4.69, 9.17) is 18.0 Å². The maximum absolute atomic E-state index is 11.8. The molecule has 1 aromatic carbocycles. The molecule has 104 valence electrons. The highest BCUT2D eigenvalue weighted by atomic mass is 32.1. The number of amides is 1. The molecule has 19 heavy (non-hydrogen) atoms. The Labute approximate surface area is 118 Å². The zero-order chi connectivity index (χ0) is 14.4. The Morgan fingerprint density at radius 2 is 2.26 bits per heavy atom. The van der Waals surface area contributed by atoms with Gasteiger partial charge in [-0.15, -0.1) is 0 Å². The van der Waals surface area contributed by atoms with Gasteiger partial charge >= 0.3 is 0 Å². The molecule has 0 aliphatic rings. The van der Waals surface area contributed by atoms with E-state index < -0.39 is 6.10 Å². The lowest BCUT2D eigenvalue weighted by Crippen LogP contribution is -2.34. The zero-order valence-electron chi connectivity index (χ0n) is 11.1. The predicted molar refractivity (Wildman–Crippen MR) is 80.1 cm³/mol. The number of nitrogens with zero attached hydrogens (tertiary/aromatic N) is 1. The summed E-state index contributed by atoms with van der Waals surface area (Å²) in [5.74, 6) is -0.150. The number of aliphatic hydroxyl groups excluding tert-OH is 1. The Morgan fingerprint density at radius 1 is 1.58 bits per heavy atom. The first-order chi connectivity index (χ1) is 8.88. The first kappa shape index (κ1) is 15.6. The van der Waals surface area contributed by atoms with Crippen LogP contribution in [0.5, 0.6) is 0 Å². The van der Waals surface area contributed by atoms with Gasteiger partial charge < -0.3 is 16.2 Å². The van der Waals surface area contributed by atoms with Crippen LogP contribution in [0, 0.1) is 0 Å². The number of thiocarbonyl (C=S) groups is 1. The van der Waals surface area contributed by atoms with Crippen molar-refractivity contribution < 1.29 is 9.90 Å². The van der Waals surface area contributed by atoms with Gasteiger partial charge in [0, 0.05) is 17.8 Å². The van der Waals surface area contributed by atoms with Crippen molar-refractivity contribution in [1.29, 1.82) is 0 Å². The molecule has 0 aliphatic carbocycles. The SMILES string of the molecule is CC(O)CN(C)CC(=O)Nc1cccc(C(N)=S)c1. The second-order valence-electron chi connectivity index (χ2n) is 4.54. The van der Waals surface area contributed by atoms with Crippen LogP contribution in [0.4, 0.5) is 5.69 Å². The molecule has 1 amide bonds. The van der Waals surface area contributed by atoms with Gasteiger partial charge in [-0.3, -0.25) is 9.69 Å². The van der Waals surface area contributed by atoms with Gasteiger partial charge in [0.15, 0.2) is 0 Å². The van der Waals surface area contributed by atoms with Gasteiger partial charge in [0.1, 0.15) is 4.99 Å². The van der Waals surface area contributed by atoms with Gasteiger partial charge in [-0.1, -0.05) is 24.4 Å². The van der Waals surface area contributed by atoms with Crippen LogP contribution in [-0.2, 0) is 4.79 Å². The maximum atomic E-state index is 11.8. The third-order valence-electron chi connectivity index (χ3n) is 2.42. The second kappa shape index (κ2) is 7.18. The molecule has 1 rings (SSSR count). The van der Waals surface area contributed by atoms with Crippen LogP contribution in [-0.4, -0.2) is 47.1 Å². The average molecular weight is 281 g/mol. The monoisotopic (exact) mass is 281 g/mol. The summed E-state index contributed by atoms with van der Waals surface area (Å²) in [6, 6.07) is 7.07. The summed E-state index contributed by atoms with van der Waals surface area (Å²) in [7, 11) is 1.78. The fraction of sp³-hybridized carbons (Fsp3) is 0.385. The minimum Gasteiger partial charge on any atom is -0.392 e. The molecule has 0 spiro atoms. The van der Waals surface area contributed by atoms with Crippen molar-refractivity contribution in [3.8, 4) is 0 Å². The number of carbonyl (C=O) groups excluding carboxylic acids is 1. The van der Waals surface area contributed by atoms with E-state index in [9.17, 15) is 9.90 Å². The van der Waals surface area contributed by atoms with E-state index in [-0.39, 0.29) is 12.5 Å². The smallest absolute Gasteiger partial charge is 0.238 e. The lowest BCUT2D eigenvalue weighted by Gasteiger charge is -2.17. The van der Waals surface area contributed by atoms with E-state index in [1.165, 1.54) is 0 Å². The fourth-order valence-electron chi connectivity index (χ4n) is 1.71. The molecular formula is C13H19N3O2S. The van der Waals surface area contributed by atoms with Gasteiger partial charge in [0.25, 0.3) is 0 Å². The van der Waals surface area contributed by atoms with Crippen LogP contribution in [0.2, 0.25) is 0 Å². The molecule has 1 aromatic rings. The van der Waals surface area contributed by atoms with E-state index in [2.05, 4.69) is 5.32 Å². The van der Waals surface area contributed by atoms with E-state index in [0.29, 0.717) is 22.8 Å². The summed E-state index contributed by atoms with van der Waals surface area (Å²) < 4.78 is 0. The highest BCUT2D eigenvalue weighted by Crippen LogP contribution is 2.10. The number of benzene rings is 1. The molecule has 0 bridgehead atoms. The summed E-state index contributed by atoms with van der Waals surface area (Å²) >= 11 is 4.88. The highest BCUT2D eigenvalue weighted by Gasteiger charge is 2.09. The van der Waals surface area contributed by atoms with Gasteiger partial charge in [0.05, 0.1) is 12.6 Å². The largest absolute Gasteiger partial charge is 0.392 e. The number of likely N-dealkylation sites (N-methyl/N-ethyl adjacent to an activating group) is 1. The Balaban J connectivity index is 2.57. The van der Waals surface area contributed by atoms with Gasteiger partial charge in [-0.25, -0.2) is 0 Å². The normalized spacial score (nSPS) is 12.2. The summed E-state index contributed by atoms with van der Waals surface area (Å²) in [6.45, 7) is 2.34. The summed E-state index contributed by atoms with van der Waals surface area (Å²) in [5, 5.41) is 12.0. The fourth-order valence-corrected chi connectivity index (χ4v) is 1.84. The maximum Gasteiger partial charge on any atom is 0.238 e. The number of nitrogens with two attached hydrogens (primary N) is 1. The van der Waals surface area contributed by atoms with E-state index in [0.717, 1.165) is 0 Å².